The van der Waals surface area contributed by atoms with Crippen LogP contribution in [0.4, 0.5) is 19.0 Å². The first kappa shape index (κ1) is 16.7. The minimum Gasteiger partial charge on any atom is -0.367 e. The van der Waals surface area contributed by atoms with E-state index in [0.29, 0.717) is 30.3 Å². The molecule has 8 heteroatoms. The first-order valence-electron chi connectivity index (χ1n) is 7.98. The van der Waals surface area contributed by atoms with Crippen molar-refractivity contribution in [2.45, 2.75) is 58.2 Å². The largest absolute Gasteiger partial charge is 0.367 e. The average molecular weight is 339 g/mol. The lowest BCUT2D eigenvalue weighted by Crippen LogP contribution is -2.32. The van der Waals surface area contributed by atoms with E-state index in [1.807, 2.05) is 6.92 Å². The van der Waals surface area contributed by atoms with E-state index in [9.17, 15) is 13.2 Å². The molecule has 0 atom stereocenters. The van der Waals surface area contributed by atoms with Crippen LogP contribution in [0.3, 0.4) is 0 Å². The molecule has 1 aliphatic carbocycles. The van der Waals surface area contributed by atoms with Crippen LogP contribution >= 0.6 is 0 Å². The smallest absolute Gasteiger partial charge is 0.252 e. The van der Waals surface area contributed by atoms with Crippen LogP contribution in [0.15, 0.2) is 12.3 Å². The Morgan fingerprint density at radius 1 is 1.25 bits per heavy atom. The quantitative estimate of drug-likeness (QED) is 0.922. The van der Waals surface area contributed by atoms with Crippen molar-refractivity contribution in [3.05, 3.63) is 29.2 Å². The number of aromatic nitrogens is 4. The molecular weight excluding hydrogens is 319 g/mol. The molecule has 1 fully saturated rings. The molecule has 0 bridgehead atoms. The summed E-state index contributed by atoms with van der Waals surface area (Å²) in [5.41, 5.74) is 1.80. The van der Waals surface area contributed by atoms with Crippen molar-refractivity contribution in [3.8, 4) is 5.95 Å². The molecule has 2 heterocycles. The minimum absolute atomic E-state index is 0.0347. The predicted molar refractivity (Wildman–Crippen MR) is 84.3 cm³/mol. The van der Waals surface area contributed by atoms with Crippen LogP contribution in [0.5, 0.6) is 0 Å². The Morgan fingerprint density at radius 2 is 1.96 bits per heavy atom. The third-order valence-corrected chi connectivity index (χ3v) is 4.24. The Kier molecular flexibility index (Phi) is 4.47. The molecule has 1 N–H and O–H groups in total. The van der Waals surface area contributed by atoms with Gasteiger partial charge in [0.25, 0.3) is 5.95 Å². The molecule has 0 unspecified atom stereocenters. The topological polar surface area (TPSA) is 55.6 Å². The fraction of sp³-hybridized carbons (Fsp3) is 0.562. The molecule has 1 aliphatic rings. The lowest BCUT2D eigenvalue weighted by atomic mass is 9.92. The second-order valence-electron chi connectivity index (χ2n) is 6.31. The molecule has 3 rings (SSSR count). The summed E-state index contributed by atoms with van der Waals surface area (Å²) in [5, 5.41) is 7.34. The van der Waals surface area contributed by atoms with Gasteiger partial charge >= 0.3 is 0 Å². The van der Waals surface area contributed by atoms with Gasteiger partial charge in [-0.05, 0) is 32.3 Å². The zero-order valence-corrected chi connectivity index (χ0v) is 13.7. The van der Waals surface area contributed by atoms with E-state index in [4.69, 9.17) is 0 Å². The van der Waals surface area contributed by atoms with Gasteiger partial charge < -0.3 is 5.32 Å². The van der Waals surface area contributed by atoms with Crippen LogP contribution in [0.1, 0.15) is 42.6 Å². The summed E-state index contributed by atoms with van der Waals surface area (Å²) in [6.07, 6.45) is 2.25. The molecular formula is C16H20F3N5. The fourth-order valence-corrected chi connectivity index (χ4v) is 2.85. The molecule has 24 heavy (non-hydrogen) atoms. The molecule has 0 spiro atoms. The molecule has 0 aliphatic heterocycles. The van der Waals surface area contributed by atoms with Gasteiger partial charge in [-0.25, -0.2) is 22.8 Å². The van der Waals surface area contributed by atoms with Crippen molar-refractivity contribution in [2.75, 3.05) is 5.32 Å². The number of nitrogens with one attached hydrogen (secondary N) is 1. The highest BCUT2D eigenvalue weighted by Crippen LogP contribution is 2.34. The van der Waals surface area contributed by atoms with E-state index in [0.717, 1.165) is 11.3 Å². The van der Waals surface area contributed by atoms with Gasteiger partial charge in [0.1, 0.15) is 12.5 Å². The van der Waals surface area contributed by atoms with E-state index in [1.165, 1.54) is 4.68 Å². The summed E-state index contributed by atoms with van der Waals surface area (Å²) in [6.45, 7) is 2.94. The first-order chi connectivity index (χ1) is 11.4. The van der Waals surface area contributed by atoms with Gasteiger partial charge in [0, 0.05) is 36.8 Å². The Morgan fingerprint density at radius 3 is 2.58 bits per heavy atom. The van der Waals surface area contributed by atoms with Crippen molar-refractivity contribution in [1.82, 2.24) is 19.7 Å². The number of nitrogens with zero attached hydrogens (tertiary/aromatic N) is 4. The Hall–Kier alpha value is -2.12. The van der Waals surface area contributed by atoms with Crippen LogP contribution in [0, 0.1) is 13.8 Å². The molecule has 1 saturated carbocycles. The second-order valence-corrected chi connectivity index (χ2v) is 6.31. The predicted octanol–water partition coefficient (Wildman–Crippen LogP) is 3.74. The molecule has 0 saturated heterocycles. The summed E-state index contributed by atoms with van der Waals surface area (Å²) >= 11 is 0. The first-order valence-corrected chi connectivity index (χ1v) is 7.98. The number of rotatable bonds is 4. The normalized spacial score (nSPS) is 17.9. The second kappa shape index (κ2) is 6.41. The van der Waals surface area contributed by atoms with Crippen LogP contribution < -0.4 is 5.32 Å². The van der Waals surface area contributed by atoms with E-state index in [1.54, 1.807) is 19.2 Å². The summed E-state index contributed by atoms with van der Waals surface area (Å²) in [4.78, 5) is 8.71. The number of hydrogen-bond acceptors (Lipinski definition) is 4. The molecule has 130 valence electrons. The van der Waals surface area contributed by atoms with E-state index in [-0.39, 0.29) is 18.9 Å². The van der Waals surface area contributed by atoms with Crippen LogP contribution in [-0.4, -0.2) is 31.7 Å². The maximum Gasteiger partial charge on any atom is 0.252 e. The molecule has 2 aromatic heterocycles. The van der Waals surface area contributed by atoms with Gasteiger partial charge in [-0.15, -0.1) is 0 Å². The lowest BCUT2D eigenvalue weighted by molar-refractivity contribution is -0.0361. The average Bonchev–Trinajstić information content (AvgIpc) is 2.90. The fourth-order valence-electron chi connectivity index (χ4n) is 2.85. The molecule has 0 radical (unpaired) electrons. The van der Waals surface area contributed by atoms with Crippen LogP contribution in [0.25, 0.3) is 5.95 Å². The third kappa shape index (κ3) is 3.68. The van der Waals surface area contributed by atoms with Gasteiger partial charge in [0.05, 0.1) is 5.69 Å². The summed E-state index contributed by atoms with van der Waals surface area (Å²) in [5.74, 6) is -1.65. The Bertz CT molecular complexity index is 718. The van der Waals surface area contributed by atoms with E-state index < -0.39 is 12.6 Å². The van der Waals surface area contributed by atoms with Gasteiger partial charge in [0.15, 0.2) is 0 Å². The summed E-state index contributed by atoms with van der Waals surface area (Å²) in [6, 6.07) is 1.73. The maximum absolute atomic E-state index is 13.2. The van der Waals surface area contributed by atoms with E-state index >= 15 is 0 Å². The van der Waals surface area contributed by atoms with Crippen molar-refractivity contribution < 1.29 is 13.2 Å². The SMILES string of the molecule is Cc1cc(NC2CCC(F)(F)CC2)nc(-n2cc(C)c(CF)n2)n1. The molecule has 2 aromatic rings. The van der Waals surface area contributed by atoms with Gasteiger partial charge in [-0.1, -0.05) is 0 Å². The van der Waals surface area contributed by atoms with E-state index in [2.05, 4.69) is 20.4 Å². The highest BCUT2D eigenvalue weighted by atomic mass is 19.3. The number of aryl methyl sites for hydroxylation is 2. The molecule has 5 nitrogen and oxygen atoms in total. The Balaban J connectivity index is 1.79. The van der Waals surface area contributed by atoms with Crippen LogP contribution in [-0.2, 0) is 6.67 Å². The zero-order chi connectivity index (χ0) is 17.3. The number of hydrogen-bond donors (Lipinski definition) is 1. The standard InChI is InChI=1S/C16H20F3N5/c1-10-9-24(23-13(10)8-17)15-20-11(2)7-14(22-15)21-12-3-5-16(18,19)6-4-12/h7,9,12H,3-6,8H2,1-2H3,(H,20,21,22). The van der Waals surface area contributed by atoms with Gasteiger partial charge in [-0.3, -0.25) is 0 Å². The van der Waals surface area contributed by atoms with Gasteiger partial charge in [-0.2, -0.15) is 10.1 Å². The monoisotopic (exact) mass is 339 g/mol. The Labute approximate surface area is 138 Å². The highest BCUT2D eigenvalue weighted by Gasteiger charge is 2.34. The van der Waals surface area contributed by atoms with Gasteiger partial charge in [0.2, 0.25) is 5.92 Å². The third-order valence-electron chi connectivity index (χ3n) is 4.24. The summed E-state index contributed by atoms with van der Waals surface area (Å²) < 4.78 is 40.8. The highest BCUT2D eigenvalue weighted by molar-refractivity contribution is 5.40. The van der Waals surface area contributed by atoms with Crippen molar-refractivity contribution in [2.24, 2.45) is 0 Å². The molecule has 0 amide bonds. The van der Waals surface area contributed by atoms with Crippen molar-refractivity contribution in [1.29, 1.82) is 0 Å². The minimum atomic E-state index is -2.56. The van der Waals surface area contributed by atoms with Crippen molar-refractivity contribution in [3.63, 3.8) is 0 Å². The lowest BCUT2D eigenvalue weighted by Gasteiger charge is -2.29. The zero-order valence-electron chi connectivity index (χ0n) is 13.7. The maximum atomic E-state index is 13.2. The number of halogens is 3. The van der Waals surface area contributed by atoms with Crippen LogP contribution in [0.2, 0.25) is 0 Å². The number of anilines is 1. The van der Waals surface area contributed by atoms with Crippen molar-refractivity contribution >= 4 is 5.82 Å². The number of alkyl halides is 3. The summed E-state index contributed by atoms with van der Waals surface area (Å²) in [7, 11) is 0. The molecule has 0 aromatic carbocycles.